The first-order valence-corrected chi connectivity index (χ1v) is 5.74. The van der Waals surface area contributed by atoms with Crippen LogP contribution in [0, 0.1) is 17.8 Å². The van der Waals surface area contributed by atoms with E-state index in [1.165, 1.54) is 0 Å². The molecule has 80 valence electrons. The standard InChI is InChI=1S/C10H14O2.C2H6/c1-6-2-3-7-8(4-6)10(12)5-9(7)11;1-2/h6-8H,2-5H2,1H3;1-2H3. The molecule has 14 heavy (non-hydrogen) atoms. The minimum Gasteiger partial charge on any atom is -0.299 e. The monoisotopic (exact) mass is 196 g/mol. The molecule has 3 atom stereocenters. The zero-order valence-corrected chi connectivity index (χ0v) is 9.38. The molecule has 0 N–H and O–H groups in total. The van der Waals surface area contributed by atoms with Crippen LogP contribution in [0.15, 0.2) is 0 Å². The lowest BCUT2D eigenvalue weighted by Crippen LogP contribution is -2.25. The van der Waals surface area contributed by atoms with Crippen molar-refractivity contribution in [3.8, 4) is 0 Å². The predicted molar refractivity (Wildman–Crippen MR) is 56.0 cm³/mol. The summed E-state index contributed by atoms with van der Waals surface area (Å²) in [5.74, 6) is 1.25. The molecule has 0 aromatic carbocycles. The summed E-state index contributed by atoms with van der Waals surface area (Å²) in [6.45, 7) is 6.17. The molecule has 3 unspecified atom stereocenters. The number of hydrogen-bond acceptors (Lipinski definition) is 2. The highest BCUT2D eigenvalue weighted by molar-refractivity contribution is 6.08. The van der Waals surface area contributed by atoms with Crippen LogP contribution in [0.4, 0.5) is 0 Å². The third kappa shape index (κ3) is 2.05. The minimum absolute atomic E-state index is 0.0984. The van der Waals surface area contributed by atoms with Crippen LogP contribution in [-0.4, -0.2) is 11.6 Å². The zero-order chi connectivity index (χ0) is 10.7. The lowest BCUT2D eigenvalue weighted by atomic mass is 9.76. The second-order valence-electron chi connectivity index (χ2n) is 4.24. The topological polar surface area (TPSA) is 34.1 Å². The van der Waals surface area contributed by atoms with Gasteiger partial charge in [-0.15, -0.1) is 0 Å². The molecule has 2 aliphatic carbocycles. The van der Waals surface area contributed by atoms with E-state index in [9.17, 15) is 9.59 Å². The van der Waals surface area contributed by atoms with Crippen LogP contribution >= 0.6 is 0 Å². The van der Waals surface area contributed by atoms with Crippen LogP contribution in [0.5, 0.6) is 0 Å². The Morgan fingerprint density at radius 3 is 2.21 bits per heavy atom. The largest absolute Gasteiger partial charge is 0.299 e. The number of fused-ring (bicyclic) bond motifs is 1. The Bertz CT molecular complexity index is 232. The Hall–Kier alpha value is -0.660. The zero-order valence-electron chi connectivity index (χ0n) is 9.38. The van der Waals surface area contributed by atoms with Crippen molar-refractivity contribution in [2.24, 2.45) is 17.8 Å². The molecule has 2 aliphatic rings. The first-order chi connectivity index (χ1) is 6.68. The van der Waals surface area contributed by atoms with Gasteiger partial charge in [-0.25, -0.2) is 0 Å². The minimum atomic E-state index is 0.0984. The average Bonchev–Trinajstić information content (AvgIpc) is 2.46. The van der Waals surface area contributed by atoms with Crippen LogP contribution in [0.25, 0.3) is 0 Å². The summed E-state index contributed by atoms with van der Waals surface area (Å²) in [6.07, 6.45) is 3.26. The Balaban J connectivity index is 0.000000461. The fourth-order valence-corrected chi connectivity index (χ4v) is 2.56. The highest BCUT2D eigenvalue weighted by Gasteiger charge is 2.43. The van der Waals surface area contributed by atoms with Crippen molar-refractivity contribution < 1.29 is 9.59 Å². The smallest absolute Gasteiger partial charge is 0.144 e. The Morgan fingerprint density at radius 2 is 1.57 bits per heavy atom. The van der Waals surface area contributed by atoms with E-state index >= 15 is 0 Å². The van der Waals surface area contributed by atoms with Gasteiger partial charge in [0.2, 0.25) is 0 Å². The molecule has 2 fully saturated rings. The third-order valence-electron chi connectivity index (χ3n) is 3.29. The molecule has 0 aromatic rings. The van der Waals surface area contributed by atoms with Gasteiger partial charge in [-0.2, -0.15) is 0 Å². The molecule has 0 bridgehead atoms. The lowest BCUT2D eigenvalue weighted by molar-refractivity contribution is -0.122. The molecule has 0 radical (unpaired) electrons. The van der Waals surface area contributed by atoms with Gasteiger partial charge in [0.15, 0.2) is 0 Å². The van der Waals surface area contributed by atoms with Crippen molar-refractivity contribution in [3.63, 3.8) is 0 Å². The molecule has 2 rings (SSSR count). The Labute approximate surface area is 86.1 Å². The van der Waals surface area contributed by atoms with Crippen LogP contribution < -0.4 is 0 Å². The summed E-state index contributed by atoms with van der Waals surface area (Å²) < 4.78 is 0. The predicted octanol–water partition coefficient (Wildman–Crippen LogP) is 2.61. The third-order valence-corrected chi connectivity index (χ3v) is 3.29. The summed E-state index contributed by atoms with van der Waals surface area (Å²) in [5, 5.41) is 0. The Morgan fingerprint density at radius 1 is 1.00 bits per heavy atom. The fraction of sp³-hybridized carbons (Fsp3) is 0.833. The van der Waals surface area contributed by atoms with E-state index in [1.54, 1.807) is 0 Å². The van der Waals surface area contributed by atoms with Crippen molar-refractivity contribution in [1.82, 2.24) is 0 Å². The van der Waals surface area contributed by atoms with Gasteiger partial charge in [0.1, 0.15) is 11.6 Å². The highest BCUT2D eigenvalue weighted by atomic mass is 16.2. The van der Waals surface area contributed by atoms with Gasteiger partial charge in [0.05, 0.1) is 6.42 Å². The Kier molecular flexibility index (Phi) is 3.85. The van der Waals surface area contributed by atoms with Gasteiger partial charge >= 0.3 is 0 Å². The van der Waals surface area contributed by atoms with Crippen LogP contribution in [-0.2, 0) is 9.59 Å². The summed E-state index contributed by atoms with van der Waals surface area (Å²) in [7, 11) is 0. The number of carbonyl (C=O) groups is 2. The molecule has 0 amide bonds. The second kappa shape index (κ2) is 4.72. The summed E-state index contributed by atoms with van der Waals surface area (Å²) in [4.78, 5) is 22.6. The van der Waals surface area contributed by atoms with Crippen molar-refractivity contribution in [1.29, 1.82) is 0 Å². The normalized spacial score (nSPS) is 36.1. The lowest BCUT2D eigenvalue weighted by Gasteiger charge is -2.27. The van der Waals surface area contributed by atoms with Crippen molar-refractivity contribution in [3.05, 3.63) is 0 Å². The van der Waals surface area contributed by atoms with Crippen LogP contribution in [0.1, 0.15) is 46.5 Å². The van der Waals surface area contributed by atoms with Gasteiger partial charge < -0.3 is 0 Å². The number of Topliss-reactive ketones (excluding diaryl/α,β-unsaturated/α-hetero) is 2. The highest BCUT2D eigenvalue weighted by Crippen LogP contribution is 2.40. The average molecular weight is 196 g/mol. The van der Waals surface area contributed by atoms with Crippen molar-refractivity contribution >= 4 is 11.6 Å². The molecule has 0 saturated heterocycles. The first kappa shape index (κ1) is 11.4. The molecule has 0 aliphatic heterocycles. The summed E-state index contributed by atoms with van der Waals surface area (Å²) in [6, 6.07) is 0. The molecule has 2 nitrogen and oxygen atoms in total. The van der Waals surface area contributed by atoms with E-state index in [0.29, 0.717) is 5.92 Å². The van der Waals surface area contributed by atoms with Gasteiger partial charge in [-0.05, 0) is 25.2 Å². The summed E-state index contributed by atoms with van der Waals surface area (Å²) >= 11 is 0. The van der Waals surface area contributed by atoms with Gasteiger partial charge in [0, 0.05) is 11.8 Å². The molecular formula is C12H20O2. The van der Waals surface area contributed by atoms with E-state index in [-0.39, 0.29) is 29.8 Å². The molecule has 0 spiro atoms. The quantitative estimate of drug-likeness (QED) is 0.558. The van der Waals surface area contributed by atoms with E-state index in [1.807, 2.05) is 13.8 Å². The maximum absolute atomic E-state index is 11.3. The SMILES string of the molecule is CC.CC1CCC2C(=O)CC(=O)C2C1. The number of carbonyl (C=O) groups excluding carboxylic acids is 2. The molecule has 2 heteroatoms. The molecule has 0 aromatic heterocycles. The van der Waals surface area contributed by atoms with Crippen molar-refractivity contribution in [2.45, 2.75) is 46.5 Å². The van der Waals surface area contributed by atoms with Gasteiger partial charge in [0.25, 0.3) is 0 Å². The van der Waals surface area contributed by atoms with E-state index < -0.39 is 0 Å². The molecule has 2 saturated carbocycles. The number of ketones is 2. The van der Waals surface area contributed by atoms with E-state index in [4.69, 9.17) is 0 Å². The van der Waals surface area contributed by atoms with Crippen LogP contribution in [0.3, 0.4) is 0 Å². The van der Waals surface area contributed by atoms with E-state index in [2.05, 4.69) is 6.92 Å². The fourth-order valence-electron chi connectivity index (χ4n) is 2.56. The molecular weight excluding hydrogens is 176 g/mol. The van der Waals surface area contributed by atoms with Gasteiger partial charge in [-0.3, -0.25) is 9.59 Å². The molecule has 0 heterocycles. The maximum atomic E-state index is 11.3. The van der Waals surface area contributed by atoms with E-state index in [0.717, 1.165) is 19.3 Å². The van der Waals surface area contributed by atoms with Gasteiger partial charge in [-0.1, -0.05) is 20.8 Å². The second-order valence-corrected chi connectivity index (χ2v) is 4.24. The summed E-state index contributed by atoms with van der Waals surface area (Å²) in [5.41, 5.74) is 0. The van der Waals surface area contributed by atoms with Crippen molar-refractivity contribution in [2.75, 3.05) is 0 Å². The number of hydrogen-bond donors (Lipinski definition) is 0. The first-order valence-electron chi connectivity index (χ1n) is 5.74. The maximum Gasteiger partial charge on any atom is 0.144 e. The number of rotatable bonds is 0. The van der Waals surface area contributed by atoms with Crippen LogP contribution in [0.2, 0.25) is 0 Å².